The van der Waals surface area contributed by atoms with Crippen molar-refractivity contribution in [1.82, 2.24) is 19.2 Å². The van der Waals surface area contributed by atoms with Gasteiger partial charge in [0, 0.05) is 19.2 Å². The third-order valence-electron chi connectivity index (χ3n) is 4.81. The molecule has 0 bridgehead atoms. The van der Waals surface area contributed by atoms with Gasteiger partial charge < -0.3 is 9.30 Å². The number of aromatic nitrogens is 3. The highest BCUT2D eigenvalue weighted by atomic mass is 32.1. The number of aryl methyl sites for hydroxylation is 1. The minimum absolute atomic E-state index is 0.0573. The van der Waals surface area contributed by atoms with Crippen LogP contribution in [0.4, 0.5) is 0 Å². The average Bonchev–Trinajstić information content (AvgIpc) is 2.91. The first-order valence-corrected chi connectivity index (χ1v) is 9.50. The Morgan fingerprint density at radius 1 is 1.35 bits per heavy atom. The number of likely N-dealkylation sites (tertiary alicyclic amines) is 1. The highest BCUT2D eigenvalue weighted by Crippen LogP contribution is 2.21. The van der Waals surface area contributed by atoms with Crippen molar-refractivity contribution < 1.29 is 9.53 Å². The van der Waals surface area contributed by atoms with Crippen LogP contribution < -0.4 is 0 Å². The van der Waals surface area contributed by atoms with Crippen molar-refractivity contribution in [1.29, 1.82) is 0 Å². The van der Waals surface area contributed by atoms with Crippen molar-refractivity contribution in [2.45, 2.75) is 33.4 Å². The van der Waals surface area contributed by atoms with Crippen LogP contribution in [0.3, 0.4) is 0 Å². The van der Waals surface area contributed by atoms with Crippen LogP contribution >= 0.6 is 12.2 Å². The monoisotopic (exact) mass is 374 g/mol. The van der Waals surface area contributed by atoms with Crippen LogP contribution in [-0.4, -0.2) is 44.9 Å². The lowest BCUT2D eigenvalue weighted by atomic mass is 9.99. The SMILES string of the molecule is CCOC(=O)C1CCCN(Cn2nc(-c3ccc(C)cc3)n(C)c2=S)C1. The van der Waals surface area contributed by atoms with E-state index in [2.05, 4.69) is 36.1 Å². The van der Waals surface area contributed by atoms with Gasteiger partial charge in [0.05, 0.1) is 19.2 Å². The molecule has 2 aromatic rings. The maximum atomic E-state index is 12.0. The Balaban J connectivity index is 1.76. The Morgan fingerprint density at radius 3 is 2.77 bits per heavy atom. The summed E-state index contributed by atoms with van der Waals surface area (Å²) in [5.41, 5.74) is 2.26. The number of piperidine rings is 1. The molecule has 0 amide bonds. The van der Waals surface area contributed by atoms with Crippen LogP contribution in [0.5, 0.6) is 0 Å². The van der Waals surface area contributed by atoms with Crippen molar-refractivity contribution in [3.05, 3.63) is 34.6 Å². The topological polar surface area (TPSA) is 52.3 Å². The molecule has 0 spiro atoms. The first-order chi connectivity index (χ1) is 12.5. The molecule has 1 fully saturated rings. The molecule has 0 radical (unpaired) electrons. The van der Waals surface area contributed by atoms with Gasteiger partial charge in [-0.25, -0.2) is 4.68 Å². The summed E-state index contributed by atoms with van der Waals surface area (Å²) in [7, 11) is 1.94. The van der Waals surface area contributed by atoms with Crippen LogP contribution in [0.2, 0.25) is 0 Å². The Labute approximate surface area is 159 Å². The lowest BCUT2D eigenvalue weighted by Gasteiger charge is -2.31. The van der Waals surface area contributed by atoms with E-state index in [0.717, 1.165) is 30.8 Å². The normalized spacial score (nSPS) is 18.0. The zero-order valence-corrected chi connectivity index (χ0v) is 16.5. The largest absolute Gasteiger partial charge is 0.466 e. The molecule has 2 heterocycles. The summed E-state index contributed by atoms with van der Waals surface area (Å²) < 4.78 is 9.64. The second-order valence-corrected chi connectivity index (χ2v) is 7.21. The molecule has 1 saturated heterocycles. The van der Waals surface area contributed by atoms with Crippen molar-refractivity contribution in [3.8, 4) is 11.4 Å². The Bertz CT molecular complexity index is 825. The third kappa shape index (κ3) is 4.04. The lowest BCUT2D eigenvalue weighted by Crippen LogP contribution is -2.40. The van der Waals surface area contributed by atoms with E-state index in [1.807, 2.05) is 23.2 Å². The molecule has 1 unspecified atom stereocenters. The maximum Gasteiger partial charge on any atom is 0.310 e. The molecule has 1 atom stereocenters. The maximum absolute atomic E-state index is 12.0. The van der Waals surface area contributed by atoms with Crippen molar-refractivity contribution in [3.63, 3.8) is 0 Å². The van der Waals surface area contributed by atoms with Gasteiger partial charge in [0.25, 0.3) is 0 Å². The van der Waals surface area contributed by atoms with Crippen LogP contribution in [0.1, 0.15) is 25.3 Å². The van der Waals surface area contributed by atoms with Crippen LogP contribution in [0.25, 0.3) is 11.4 Å². The summed E-state index contributed by atoms with van der Waals surface area (Å²) in [4.78, 5) is 14.3. The van der Waals surface area contributed by atoms with Gasteiger partial charge in [-0.2, -0.15) is 5.10 Å². The van der Waals surface area contributed by atoms with E-state index >= 15 is 0 Å². The first-order valence-electron chi connectivity index (χ1n) is 9.09. The smallest absolute Gasteiger partial charge is 0.310 e. The van der Waals surface area contributed by atoms with Crippen molar-refractivity contribution >= 4 is 18.2 Å². The number of hydrogen-bond donors (Lipinski definition) is 0. The molecule has 26 heavy (non-hydrogen) atoms. The Kier molecular flexibility index (Phi) is 5.88. The molecule has 1 aromatic heterocycles. The molecule has 0 saturated carbocycles. The van der Waals surface area contributed by atoms with E-state index in [-0.39, 0.29) is 11.9 Å². The van der Waals surface area contributed by atoms with Crippen molar-refractivity contribution in [2.75, 3.05) is 19.7 Å². The van der Waals surface area contributed by atoms with E-state index < -0.39 is 0 Å². The first kappa shape index (κ1) is 18.8. The summed E-state index contributed by atoms with van der Waals surface area (Å²) in [5, 5.41) is 4.73. The number of esters is 1. The van der Waals surface area contributed by atoms with Gasteiger partial charge in [-0.15, -0.1) is 0 Å². The van der Waals surface area contributed by atoms with E-state index in [1.54, 1.807) is 0 Å². The highest BCUT2D eigenvalue weighted by Gasteiger charge is 2.27. The fourth-order valence-corrected chi connectivity index (χ4v) is 3.55. The fraction of sp³-hybridized carbons (Fsp3) is 0.526. The third-order valence-corrected chi connectivity index (χ3v) is 5.29. The van der Waals surface area contributed by atoms with Gasteiger partial charge in [0.15, 0.2) is 10.6 Å². The van der Waals surface area contributed by atoms with E-state index in [0.29, 0.717) is 24.6 Å². The van der Waals surface area contributed by atoms with E-state index in [1.165, 1.54) is 5.56 Å². The lowest BCUT2D eigenvalue weighted by molar-refractivity contribution is -0.150. The van der Waals surface area contributed by atoms with Gasteiger partial charge in [0.2, 0.25) is 0 Å². The number of carbonyl (C=O) groups is 1. The summed E-state index contributed by atoms with van der Waals surface area (Å²) in [6, 6.07) is 8.28. The number of benzene rings is 1. The Hall–Kier alpha value is -1.99. The van der Waals surface area contributed by atoms with Gasteiger partial charge in [0.1, 0.15) is 0 Å². The minimum Gasteiger partial charge on any atom is -0.466 e. The fourth-order valence-electron chi connectivity index (χ4n) is 3.36. The molecule has 1 aliphatic heterocycles. The Morgan fingerprint density at radius 2 is 2.08 bits per heavy atom. The second-order valence-electron chi connectivity index (χ2n) is 6.84. The van der Waals surface area contributed by atoms with E-state index in [9.17, 15) is 4.79 Å². The zero-order chi connectivity index (χ0) is 18.7. The average molecular weight is 375 g/mol. The van der Waals surface area contributed by atoms with Gasteiger partial charge >= 0.3 is 5.97 Å². The predicted molar refractivity (Wildman–Crippen MR) is 103 cm³/mol. The van der Waals surface area contributed by atoms with Crippen LogP contribution in [0.15, 0.2) is 24.3 Å². The summed E-state index contributed by atoms with van der Waals surface area (Å²) in [6.07, 6.45) is 1.87. The zero-order valence-electron chi connectivity index (χ0n) is 15.6. The summed E-state index contributed by atoms with van der Waals surface area (Å²) >= 11 is 5.58. The molecule has 1 aliphatic rings. The number of nitrogens with zero attached hydrogens (tertiary/aromatic N) is 4. The van der Waals surface area contributed by atoms with Crippen LogP contribution in [-0.2, 0) is 23.2 Å². The van der Waals surface area contributed by atoms with Gasteiger partial charge in [-0.3, -0.25) is 9.69 Å². The van der Waals surface area contributed by atoms with Gasteiger partial charge in [-0.05, 0) is 45.5 Å². The molecular formula is C19H26N4O2S. The molecule has 7 heteroatoms. The molecular weight excluding hydrogens is 348 g/mol. The number of ether oxygens (including phenoxy) is 1. The second kappa shape index (κ2) is 8.14. The molecule has 3 rings (SSSR count). The standard InChI is InChI=1S/C19H26N4O2S/c1-4-25-18(24)16-6-5-11-22(12-16)13-23-19(26)21(3)17(20-23)15-9-7-14(2)8-10-15/h7-10,16H,4-6,11-13H2,1-3H3. The molecule has 0 N–H and O–H groups in total. The predicted octanol–water partition coefficient (Wildman–Crippen LogP) is 3.16. The quantitative estimate of drug-likeness (QED) is 0.594. The number of rotatable bonds is 5. The van der Waals surface area contributed by atoms with Crippen molar-refractivity contribution in [2.24, 2.45) is 13.0 Å². The number of carbonyl (C=O) groups excluding carboxylic acids is 1. The molecule has 0 aliphatic carbocycles. The summed E-state index contributed by atoms with van der Waals surface area (Å²) in [5.74, 6) is 0.703. The molecule has 6 nitrogen and oxygen atoms in total. The number of hydrogen-bond acceptors (Lipinski definition) is 5. The summed E-state index contributed by atoms with van der Waals surface area (Å²) in [6.45, 7) is 6.57. The van der Waals surface area contributed by atoms with E-state index in [4.69, 9.17) is 22.1 Å². The van der Waals surface area contributed by atoms with Gasteiger partial charge in [-0.1, -0.05) is 29.8 Å². The minimum atomic E-state index is -0.0952. The molecule has 1 aromatic carbocycles. The molecule has 140 valence electrons. The highest BCUT2D eigenvalue weighted by molar-refractivity contribution is 7.71. The van der Waals surface area contributed by atoms with Crippen LogP contribution in [0, 0.1) is 17.6 Å².